The van der Waals surface area contributed by atoms with Crippen LogP contribution in [0, 0.1) is 17.8 Å². The van der Waals surface area contributed by atoms with Crippen molar-refractivity contribution in [3.63, 3.8) is 0 Å². The van der Waals surface area contributed by atoms with Gasteiger partial charge in [0.05, 0.1) is 13.2 Å². The second-order valence-corrected chi connectivity index (χ2v) is 22.6. The van der Waals surface area contributed by atoms with E-state index in [0.29, 0.717) is 54.5 Å². The molecule has 19 N–H and O–H groups in total. The molecule has 0 aliphatic carbocycles. The molecule has 84 heavy (non-hydrogen) atoms. The highest BCUT2D eigenvalue weighted by atomic mass is 32.2. The van der Waals surface area contributed by atoms with Gasteiger partial charge in [-0.3, -0.25) is 43.2 Å². The lowest BCUT2D eigenvalue weighted by Crippen LogP contribution is -2.62. The van der Waals surface area contributed by atoms with Gasteiger partial charge < -0.3 is 85.4 Å². The molecule has 0 saturated carbocycles. The molecule has 9 amide bonds. The fourth-order valence-electron chi connectivity index (χ4n) is 8.97. The predicted octanol–water partition coefficient (Wildman–Crippen LogP) is -0.963. The van der Waals surface area contributed by atoms with Crippen molar-refractivity contribution in [3.8, 4) is 5.75 Å². The summed E-state index contributed by atoms with van der Waals surface area (Å²) in [6, 6.07) is 0.986. The molecule has 0 fully saturated rings. The van der Waals surface area contributed by atoms with Crippen LogP contribution in [0.2, 0.25) is 0 Å². The van der Waals surface area contributed by atoms with E-state index in [1.54, 1.807) is 72.0 Å². The van der Waals surface area contributed by atoms with E-state index in [2.05, 4.69) is 52.8 Å². The number of carboxylic acids is 1. The molecule has 27 heteroatoms. The van der Waals surface area contributed by atoms with Gasteiger partial charge in [0.25, 0.3) is 0 Å². The van der Waals surface area contributed by atoms with Gasteiger partial charge in [-0.1, -0.05) is 71.9 Å². The number of H-pyrrole nitrogens is 1. The first-order valence-corrected chi connectivity index (χ1v) is 29.8. The lowest BCUT2D eigenvalue weighted by molar-refractivity contribution is -0.142. The zero-order valence-corrected chi connectivity index (χ0v) is 49.9. The Balaban J connectivity index is 1.82. The lowest BCUT2D eigenvalue weighted by Gasteiger charge is -2.30. The van der Waals surface area contributed by atoms with Crippen molar-refractivity contribution in [2.45, 2.75) is 154 Å². The molecule has 0 spiro atoms. The number of aromatic nitrogens is 1. The van der Waals surface area contributed by atoms with Crippen LogP contribution < -0.4 is 65.1 Å². The molecule has 1 heterocycles. The first-order valence-electron chi connectivity index (χ1n) is 28.4. The molecular weight excluding hydrogens is 1110 g/mol. The maximum Gasteiger partial charge on any atom is 0.326 e. The molecule has 0 aliphatic heterocycles. The quantitative estimate of drug-likeness (QED) is 0.0307. The Morgan fingerprint density at radius 2 is 0.940 bits per heavy atom. The van der Waals surface area contributed by atoms with Gasteiger partial charge in [0, 0.05) is 29.9 Å². The number of hydrogen-bond donors (Lipinski definition) is 16. The standard InChI is InChI=1S/C57H89N13O13S/c1-31(2)46(68-51(76)41(22-25-84-7)63-49(74)39(16-10-12-23-58)62-45(73)28-60)54(79)64-40(17-11-13-24-59)50(75)69-48(33(5)6)56(81)70-47(32(3)4)55(80)67-44(30-71)53(78)65-42(27-35-29-61-38-15-9-8-14-37(35)38)52(77)66-43(57(82)83)26-34-18-20-36(72)21-19-34/h8-9,14-15,18-21,29,31-33,39-44,46-48,61,71-72H,10-13,16-17,22-28,30,58-60H2,1-7H3,(H,62,73)(H,63,74)(H,64,79)(H,65,78)(H,66,77)(H,67,80)(H,68,76)(H,69,75)(H,70,81)(H,82,83). The third kappa shape index (κ3) is 23.0. The summed E-state index contributed by atoms with van der Waals surface area (Å²) in [6.07, 6.45) is 5.53. The maximum absolute atomic E-state index is 14.3. The number of aliphatic hydroxyl groups excluding tert-OH is 1. The third-order valence-electron chi connectivity index (χ3n) is 13.9. The summed E-state index contributed by atoms with van der Waals surface area (Å²) in [4.78, 5) is 140. The number of carboxylic acid groups (broad SMARTS) is 1. The Kier molecular flexibility index (Phi) is 30.7. The highest BCUT2D eigenvalue weighted by molar-refractivity contribution is 7.98. The van der Waals surface area contributed by atoms with Gasteiger partial charge in [-0.15, -0.1) is 0 Å². The number of phenolic OH excluding ortho intramolecular Hbond substituents is 1. The molecule has 9 unspecified atom stereocenters. The molecule has 0 bridgehead atoms. The Morgan fingerprint density at radius 1 is 0.512 bits per heavy atom. The van der Waals surface area contributed by atoms with Crippen LogP contribution in [0.3, 0.4) is 0 Å². The second kappa shape index (κ2) is 36.4. The minimum atomic E-state index is -1.70. The van der Waals surface area contributed by atoms with Crippen LogP contribution in [-0.4, -0.2) is 172 Å². The highest BCUT2D eigenvalue weighted by Crippen LogP contribution is 2.20. The lowest BCUT2D eigenvalue weighted by atomic mass is 9.98. The Labute approximate surface area is 494 Å². The fraction of sp³-hybridized carbons (Fsp3) is 0.579. The van der Waals surface area contributed by atoms with E-state index in [4.69, 9.17) is 17.2 Å². The number of hydrogen-bond acceptors (Lipinski definition) is 16. The van der Waals surface area contributed by atoms with E-state index in [1.165, 1.54) is 36.0 Å². The number of benzene rings is 2. The smallest absolute Gasteiger partial charge is 0.326 e. The summed E-state index contributed by atoms with van der Waals surface area (Å²) in [5.74, 6) is -9.79. The Bertz CT molecular complexity index is 2660. The number of nitrogens with two attached hydrogens (primary N) is 3. The van der Waals surface area contributed by atoms with Gasteiger partial charge in [-0.2, -0.15) is 11.8 Å². The van der Waals surface area contributed by atoms with Crippen molar-refractivity contribution in [2.24, 2.45) is 35.0 Å². The van der Waals surface area contributed by atoms with Crippen molar-refractivity contribution in [2.75, 3.05) is 38.2 Å². The van der Waals surface area contributed by atoms with Crippen molar-refractivity contribution in [1.29, 1.82) is 0 Å². The van der Waals surface area contributed by atoms with Gasteiger partial charge >= 0.3 is 5.97 Å². The van der Waals surface area contributed by atoms with Crippen LogP contribution in [0.1, 0.15) is 97.6 Å². The number of aliphatic carboxylic acids is 1. The number of amides is 9. The number of nitrogens with one attached hydrogen (secondary N) is 10. The fourth-order valence-corrected chi connectivity index (χ4v) is 9.44. The van der Waals surface area contributed by atoms with E-state index in [9.17, 15) is 63.3 Å². The zero-order chi connectivity index (χ0) is 62.6. The largest absolute Gasteiger partial charge is 0.508 e. The minimum absolute atomic E-state index is 0.0460. The number of phenols is 1. The second-order valence-electron chi connectivity index (χ2n) is 21.6. The molecule has 2 aromatic carbocycles. The van der Waals surface area contributed by atoms with Crippen molar-refractivity contribution in [3.05, 3.63) is 65.9 Å². The number of aromatic hydroxyl groups is 1. The molecular formula is C57H89N13O13S. The van der Waals surface area contributed by atoms with Gasteiger partial charge in [-0.25, -0.2) is 4.79 Å². The number of carbonyl (C=O) groups excluding carboxylic acids is 9. The van der Waals surface area contributed by atoms with Crippen molar-refractivity contribution in [1.82, 2.24) is 52.8 Å². The van der Waals surface area contributed by atoms with Gasteiger partial charge in [0.2, 0.25) is 53.2 Å². The van der Waals surface area contributed by atoms with Gasteiger partial charge in [0.1, 0.15) is 60.1 Å². The number of aliphatic hydroxyl groups is 1. The highest BCUT2D eigenvalue weighted by Gasteiger charge is 2.37. The molecule has 0 aliphatic rings. The monoisotopic (exact) mass is 1200 g/mol. The SMILES string of the molecule is CSCCC(NC(=O)C(CCCCN)NC(=O)CN)C(=O)NC(C(=O)NC(CCCCN)C(=O)NC(C(=O)NC(C(=O)NC(CO)C(=O)NC(Cc1c[nH]c2ccccc12)C(=O)NC(Cc1ccc(O)cc1)C(=O)O)C(C)C)C(C)C)C(C)C. The van der Waals surface area contributed by atoms with Crippen LogP contribution in [0.4, 0.5) is 0 Å². The summed E-state index contributed by atoms with van der Waals surface area (Å²) in [5.41, 5.74) is 18.7. The number of fused-ring (bicyclic) bond motifs is 1. The molecule has 466 valence electrons. The third-order valence-corrected chi connectivity index (χ3v) is 14.5. The summed E-state index contributed by atoms with van der Waals surface area (Å²) in [6.45, 7) is 9.17. The summed E-state index contributed by atoms with van der Waals surface area (Å²) < 4.78 is 0. The Morgan fingerprint density at radius 3 is 1.44 bits per heavy atom. The molecule has 1 aromatic heterocycles. The Hall–Kier alpha value is -7.33. The number of para-hydroxylation sites is 1. The molecule has 3 rings (SSSR count). The van der Waals surface area contributed by atoms with E-state index in [0.717, 1.165) is 5.52 Å². The van der Waals surface area contributed by atoms with Crippen molar-refractivity contribution < 1.29 is 63.3 Å². The molecule has 26 nitrogen and oxygen atoms in total. The summed E-state index contributed by atoms with van der Waals surface area (Å²) in [7, 11) is 0. The van der Waals surface area contributed by atoms with Crippen LogP contribution in [0.15, 0.2) is 54.7 Å². The van der Waals surface area contributed by atoms with Gasteiger partial charge in [-0.05, 0) is 117 Å². The van der Waals surface area contributed by atoms with E-state index in [-0.39, 0.29) is 50.9 Å². The number of aromatic amines is 1. The van der Waals surface area contributed by atoms with Crippen LogP contribution in [-0.2, 0) is 60.8 Å². The molecule has 0 radical (unpaired) electrons. The molecule has 0 saturated heterocycles. The average Bonchev–Trinajstić information content (AvgIpc) is 3.88. The summed E-state index contributed by atoms with van der Waals surface area (Å²) in [5, 5.41) is 54.7. The first-order chi connectivity index (χ1) is 39.9. The number of carbonyl (C=O) groups is 10. The zero-order valence-electron chi connectivity index (χ0n) is 49.1. The summed E-state index contributed by atoms with van der Waals surface area (Å²) >= 11 is 1.42. The van der Waals surface area contributed by atoms with E-state index in [1.807, 2.05) is 6.26 Å². The number of rotatable bonds is 38. The van der Waals surface area contributed by atoms with Gasteiger partial charge in [0.15, 0.2) is 0 Å². The number of thioether (sulfide) groups is 1. The van der Waals surface area contributed by atoms with E-state index < -0.39 is 138 Å². The van der Waals surface area contributed by atoms with Crippen LogP contribution in [0.5, 0.6) is 5.75 Å². The normalized spacial score (nSPS) is 14.6. The maximum atomic E-state index is 14.3. The van der Waals surface area contributed by atoms with Crippen LogP contribution >= 0.6 is 11.8 Å². The predicted molar refractivity (Wildman–Crippen MR) is 318 cm³/mol. The molecule has 3 aromatic rings. The minimum Gasteiger partial charge on any atom is -0.508 e. The topological polar surface area (TPSA) is 434 Å². The van der Waals surface area contributed by atoms with Crippen molar-refractivity contribution >= 4 is 81.8 Å². The first kappa shape index (κ1) is 70.9. The number of unbranched alkanes of at least 4 members (excludes halogenated alkanes) is 2. The van der Waals surface area contributed by atoms with E-state index >= 15 is 0 Å². The average molecular weight is 1200 g/mol. The van der Waals surface area contributed by atoms with Crippen LogP contribution in [0.25, 0.3) is 10.9 Å². The molecule has 9 atom stereocenters.